The second-order valence-corrected chi connectivity index (χ2v) is 4.97. The van der Waals surface area contributed by atoms with Crippen molar-refractivity contribution in [2.45, 2.75) is 6.92 Å². The second kappa shape index (κ2) is 8.28. The minimum Gasteiger partial charge on any atom is -0.404 e. The summed E-state index contributed by atoms with van der Waals surface area (Å²) in [4.78, 5) is 15.1. The molecule has 0 aliphatic rings. The quantitative estimate of drug-likeness (QED) is 0.614. The fourth-order valence-corrected chi connectivity index (χ4v) is 2.10. The number of benzene rings is 1. The first kappa shape index (κ1) is 17.0. The Bertz CT molecular complexity index is 778. The van der Waals surface area contributed by atoms with Gasteiger partial charge in [0, 0.05) is 60.4 Å². The number of allylic oxidation sites excluding steroid dienone is 1. The van der Waals surface area contributed by atoms with Gasteiger partial charge >= 0.3 is 0 Å². The molecule has 122 valence electrons. The highest BCUT2D eigenvalue weighted by atomic mass is 16.1. The molecule has 2 rings (SSSR count). The molecule has 0 radical (unpaired) electrons. The minimum atomic E-state index is -0.102. The van der Waals surface area contributed by atoms with E-state index in [9.17, 15) is 4.79 Å². The molecule has 6 heteroatoms. The molecular formula is C18H19N5O. The number of pyridine rings is 1. The first-order chi connectivity index (χ1) is 11.6. The topological polar surface area (TPSA) is 104 Å². The van der Waals surface area contributed by atoms with Gasteiger partial charge in [-0.15, -0.1) is 0 Å². The van der Waals surface area contributed by atoms with Gasteiger partial charge in [0.2, 0.25) is 5.91 Å². The Morgan fingerprint density at radius 2 is 1.92 bits per heavy atom. The van der Waals surface area contributed by atoms with E-state index in [2.05, 4.69) is 15.6 Å². The molecule has 0 fully saturated rings. The highest BCUT2D eigenvalue weighted by Gasteiger charge is 2.03. The Labute approximate surface area is 140 Å². The van der Waals surface area contributed by atoms with Crippen LogP contribution < -0.4 is 16.4 Å². The molecule has 5 N–H and O–H groups in total. The lowest BCUT2D eigenvalue weighted by atomic mass is 10.0. The zero-order valence-electron chi connectivity index (χ0n) is 13.3. The summed E-state index contributed by atoms with van der Waals surface area (Å²) in [5.41, 5.74) is 9.48. The van der Waals surface area contributed by atoms with E-state index in [0.717, 1.165) is 22.5 Å². The van der Waals surface area contributed by atoms with E-state index >= 15 is 0 Å². The van der Waals surface area contributed by atoms with Gasteiger partial charge in [0.05, 0.1) is 0 Å². The van der Waals surface area contributed by atoms with Crippen LogP contribution in [-0.2, 0) is 4.79 Å². The predicted octanol–water partition coefficient (Wildman–Crippen LogP) is 3.07. The fraction of sp³-hybridized carbons (Fsp3) is 0.0556. The van der Waals surface area contributed by atoms with Gasteiger partial charge in [-0.05, 0) is 42.0 Å². The molecule has 0 bridgehead atoms. The molecule has 0 unspecified atom stereocenters. The Kier molecular flexibility index (Phi) is 5.85. The molecule has 1 aromatic carbocycles. The predicted molar refractivity (Wildman–Crippen MR) is 98.6 cm³/mol. The van der Waals surface area contributed by atoms with Gasteiger partial charge in [-0.3, -0.25) is 9.78 Å². The van der Waals surface area contributed by atoms with Gasteiger partial charge in [0.15, 0.2) is 0 Å². The summed E-state index contributed by atoms with van der Waals surface area (Å²) in [7, 11) is 0. The number of amides is 1. The number of aromatic nitrogens is 1. The summed E-state index contributed by atoms with van der Waals surface area (Å²) in [6.45, 7) is 1.47. The van der Waals surface area contributed by atoms with Crippen molar-refractivity contribution in [3.8, 4) is 0 Å². The van der Waals surface area contributed by atoms with Gasteiger partial charge in [-0.25, -0.2) is 0 Å². The van der Waals surface area contributed by atoms with Crippen LogP contribution in [-0.4, -0.2) is 17.1 Å². The van der Waals surface area contributed by atoms with Gasteiger partial charge in [0.1, 0.15) is 0 Å². The lowest BCUT2D eigenvalue weighted by Gasteiger charge is -2.06. The normalized spacial score (nSPS) is 11.3. The molecule has 0 aliphatic carbocycles. The van der Waals surface area contributed by atoms with Crippen LogP contribution in [0.3, 0.4) is 0 Å². The standard InChI is InChI=1S/C18H19N5O/c1-13(24)23-17-4-2-16(3-5-17)22-9-6-14-12-21-8-7-18(14)15(10-19)11-20/h2-12,19,22H,20H2,1H3,(H,23,24)/b9-6+,15-11+,19-10?. The van der Waals surface area contributed by atoms with Gasteiger partial charge in [-0.2, -0.15) is 0 Å². The van der Waals surface area contributed by atoms with Crippen molar-refractivity contribution < 1.29 is 4.79 Å². The van der Waals surface area contributed by atoms with Gasteiger partial charge < -0.3 is 21.8 Å². The Morgan fingerprint density at radius 1 is 1.21 bits per heavy atom. The largest absolute Gasteiger partial charge is 0.404 e. The third kappa shape index (κ3) is 4.54. The van der Waals surface area contributed by atoms with Crippen LogP contribution in [0.4, 0.5) is 11.4 Å². The molecule has 1 aromatic heterocycles. The maximum absolute atomic E-state index is 11.0. The van der Waals surface area contributed by atoms with Crippen LogP contribution in [0.15, 0.2) is 55.1 Å². The number of nitrogens with zero attached hydrogens (tertiary/aromatic N) is 1. The molecule has 6 nitrogen and oxygen atoms in total. The Morgan fingerprint density at radius 3 is 2.54 bits per heavy atom. The molecule has 1 amide bonds. The van der Waals surface area contributed by atoms with Crippen LogP contribution >= 0.6 is 0 Å². The molecule has 24 heavy (non-hydrogen) atoms. The summed E-state index contributed by atoms with van der Waals surface area (Å²) in [5.74, 6) is -0.102. The number of rotatable bonds is 6. The molecule has 0 saturated carbocycles. The third-order valence-corrected chi connectivity index (χ3v) is 3.22. The third-order valence-electron chi connectivity index (χ3n) is 3.22. The van der Waals surface area contributed by atoms with E-state index in [4.69, 9.17) is 11.1 Å². The average molecular weight is 321 g/mol. The van der Waals surface area contributed by atoms with Crippen molar-refractivity contribution >= 4 is 35.1 Å². The van der Waals surface area contributed by atoms with Crippen LogP contribution in [0.5, 0.6) is 0 Å². The van der Waals surface area contributed by atoms with Crippen molar-refractivity contribution in [2.75, 3.05) is 10.6 Å². The smallest absolute Gasteiger partial charge is 0.221 e. The zero-order chi connectivity index (χ0) is 17.4. The van der Waals surface area contributed by atoms with E-state index in [1.807, 2.05) is 36.4 Å². The summed E-state index contributed by atoms with van der Waals surface area (Å²) in [6.07, 6.45) is 9.62. The molecule has 0 spiro atoms. The highest BCUT2D eigenvalue weighted by Crippen LogP contribution is 2.18. The van der Waals surface area contributed by atoms with Gasteiger partial charge in [-0.1, -0.05) is 0 Å². The summed E-state index contributed by atoms with van der Waals surface area (Å²) in [5, 5.41) is 13.3. The van der Waals surface area contributed by atoms with Crippen LogP contribution in [0, 0.1) is 5.41 Å². The number of anilines is 2. The number of nitrogens with two attached hydrogens (primary N) is 1. The lowest BCUT2D eigenvalue weighted by molar-refractivity contribution is -0.114. The maximum atomic E-state index is 11.0. The molecule has 0 atom stereocenters. The van der Waals surface area contributed by atoms with E-state index < -0.39 is 0 Å². The van der Waals surface area contributed by atoms with Gasteiger partial charge in [0.25, 0.3) is 0 Å². The number of hydrogen-bond acceptors (Lipinski definition) is 5. The molecular weight excluding hydrogens is 302 g/mol. The first-order valence-electron chi connectivity index (χ1n) is 7.31. The van der Waals surface area contributed by atoms with E-state index in [-0.39, 0.29) is 5.91 Å². The van der Waals surface area contributed by atoms with E-state index in [0.29, 0.717) is 5.57 Å². The SMILES string of the molecule is CC(=O)Nc1ccc(N/C=C/c2cnccc2/C(C=N)=C/N)cc1. The average Bonchev–Trinajstić information content (AvgIpc) is 2.58. The summed E-state index contributed by atoms with van der Waals surface area (Å²) < 4.78 is 0. The molecule has 1 heterocycles. The highest BCUT2D eigenvalue weighted by molar-refractivity contribution is 6.09. The van der Waals surface area contributed by atoms with E-state index in [1.54, 1.807) is 18.6 Å². The van der Waals surface area contributed by atoms with E-state index in [1.165, 1.54) is 19.3 Å². The number of carbonyl (C=O) groups is 1. The first-order valence-corrected chi connectivity index (χ1v) is 7.31. The maximum Gasteiger partial charge on any atom is 0.221 e. The molecule has 2 aromatic rings. The van der Waals surface area contributed by atoms with Crippen molar-refractivity contribution in [2.24, 2.45) is 5.73 Å². The van der Waals surface area contributed by atoms with Crippen molar-refractivity contribution in [3.05, 3.63) is 66.3 Å². The summed E-state index contributed by atoms with van der Waals surface area (Å²) in [6, 6.07) is 9.17. The second-order valence-electron chi connectivity index (χ2n) is 4.97. The van der Waals surface area contributed by atoms with Crippen molar-refractivity contribution in [1.29, 1.82) is 5.41 Å². The van der Waals surface area contributed by atoms with Crippen LogP contribution in [0.25, 0.3) is 11.6 Å². The van der Waals surface area contributed by atoms with Crippen molar-refractivity contribution in [3.63, 3.8) is 0 Å². The minimum absolute atomic E-state index is 0.102. The Balaban J connectivity index is 2.09. The van der Waals surface area contributed by atoms with Crippen LogP contribution in [0.2, 0.25) is 0 Å². The summed E-state index contributed by atoms with van der Waals surface area (Å²) >= 11 is 0. The number of nitrogens with one attached hydrogen (secondary N) is 3. The molecule has 0 aliphatic heterocycles. The monoisotopic (exact) mass is 321 g/mol. The van der Waals surface area contributed by atoms with Crippen molar-refractivity contribution in [1.82, 2.24) is 4.98 Å². The lowest BCUT2D eigenvalue weighted by Crippen LogP contribution is -2.05. The number of hydrogen-bond donors (Lipinski definition) is 4. The Hall–Kier alpha value is -3.41. The molecule has 0 saturated heterocycles. The zero-order valence-corrected chi connectivity index (χ0v) is 13.3. The van der Waals surface area contributed by atoms with Crippen LogP contribution in [0.1, 0.15) is 18.1 Å². The number of carbonyl (C=O) groups excluding carboxylic acids is 1. The fourth-order valence-electron chi connectivity index (χ4n) is 2.10.